The second-order valence-corrected chi connectivity index (χ2v) is 6.30. The van der Waals surface area contributed by atoms with Gasteiger partial charge in [-0.1, -0.05) is 11.6 Å². The maximum absolute atomic E-state index is 11.9. The van der Waals surface area contributed by atoms with Gasteiger partial charge in [0.25, 0.3) is 0 Å². The Kier molecular flexibility index (Phi) is 5.67. The smallest absolute Gasteiger partial charge is 0.389 e. The SMILES string of the molecule is Nc1ccc(Cl)c(S(=O)(=O)NCCCCC(F)(F)F)c1. The lowest BCUT2D eigenvalue weighted by atomic mass is 10.2. The predicted molar refractivity (Wildman–Crippen MR) is 71.0 cm³/mol. The van der Waals surface area contributed by atoms with Crippen molar-refractivity contribution < 1.29 is 21.6 Å². The minimum absolute atomic E-state index is 0.00184. The zero-order valence-electron chi connectivity index (χ0n) is 10.4. The van der Waals surface area contributed by atoms with Crippen molar-refractivity contribution in [2.45, 2.75) is 30.3 Å². The van der Waals surface area contributed by atoms with E-state index < -0.39 is 22.6 Å². The van der Waals surface area contributed by atoms with Gasteiger partial charge in [-0.15, -0.1) is 0 Å². The van der Waals surface area contributed by atoms with Crippen LogP contribution >= 0.6 is 11.6 Å². The quantitative estimate of drug-likeness (QED) is 0.622. The van der Waals surface area contributed by atoms with Gasteiger partial charge in [-0.25, -0.2) is 13.1 Å². The predicted octanol–water partition coefficient (Wildman–Crippen LogP) is 2.93. The van der Waals surface area contributed by atoms with Crippen molar-refractivity contribution in [1.82, 2.24) is 4.72 Å². The molecule has 0 aliphatic rings. The number of nitrogen functional groups attached to an aromatic ring is 1. The van der Waals surface area contributed by atoms with Crippen LogP contribution in [0.25, 0.3) is 0 Å². The summed E-state index contributed by atoms with van der Waals surface area (Å²) in [5.41, 5.74) is 5.70. The third-order valence-electron chi connectivity index (χ3n) is 2.42. The van der Waals surface area contributed by atoms with Gasteiger partial charge in [-0.2, -0.15) is 13.2 Å². The Morgan fingerprint density at radius 3 is 2.50 bits per heavy atom. The fraction of sp³-hybridized carbons (Fsp3) is 0.455. The van der Waals surface area contributed by atoms with Gasteiger partial charge in [-0.3, -0.25) is 0 Å². The van der Waals surface area contributed by atoms with Crippen LogP contribution in [0.3, 0.4) is 0 Å². The van der Waals surface area contributed by atoms with Gasteiger partial charge >= 0.3 is 6.18 Å². The molecule has 0 radical (unpaired) electrons. The second-order valence-electron chi connectivity index (χ2n) is 4.16. The van der Waals surface area contributed by atoms with Gasteiger partial charge in [0.05, 0.1) is 5.02 Å². The summed E-state index contributed by atoms with van der Waals surface area (Å²) in [7, 11) is -3.87. The van der Waals surface area contributed by atoms with Crippen LogP contribution in [0.2, 0.25) is 5.02 Å². The van der Waals surface area contributed by atoms with Gasteiger partial charge in [0, 0.05) is 18.7 Å². The molecule has 0 saturated heterocycles. The third kappa shape index (κ3) is 5.56. The summed E-state index contributed by atoms with van der Waals surface area (Å²) in [5.74, 6) is 0. The number of benzene rings is 1. The fourth-order valence-corrected chi connectivity index (χ4v) is 3.07. The Morgan fingerprint density at radius 2 is 1.90 bits per heavy atom. The summed E-state index contributed by atoms with van der Waals surface area (Å²) >= 11 is 5.76. The Balaban J connectivity index is 2.56. The van der Waals surface area contributed by atoms with E-state index in [4.69, 9.17) is 17.3 Å². The molecule has 20 heavy (non-hydrogen) atoms. The summed E-state index contributed by atoms with van der Waals surface area (Å²) in [6.45, 7) is -0.0937. The lowest BCUT2D eigenvalue weighted by Gasteiger charge is -2.09. The number of hydrogen-bond acceptors (Lipinski definition) is 3. The molecule has 0 aliphatic heterocycles. The van der Waals surface area contributed by atoms with Crippen LogP contribution < -0.4 is 10.5 Å². The van der Waals surface area contributed by atoms with Crippen LogP contribution in [0.4, 0.5) is 18.9 Å². The van der Waals surface area contributed by atoms with E-state index in [1.807, 2.05) is 0 Å². The van der Waals surface area contributed by atoms with Crippen LogP contribution in [-0.2, 0) is 10.0 Å². The fourth-order valence-electron chi connectivity index (χ4n) is 1.46. The van der Waals surface area contributed by atoms with Gasteiger partial charge in [0.2, 0.25) is 10.0 Å². The highest BCUT2D eigenvalue weighted by molar-refractivity contribution is 7.89. The maximum Gasteiger partial charge on any atom is 0.389 e. The Hall–Kier alpha value is -0.990. The van der Waals surface area contributed by atoms with Gasteiger partial charge in [-0.05, 0) is 31.0 Å². The first-order valence-corrected chi connectivity index (χ1v) is 7.59. The van der Waals surface area contributed by atoms with Crippen molar-refractivity contribution >= 4 is 27.3 Å². The molecule has 3 N–H and O–H groups in total. The van der Waals surface area contributed by atoms with E-state index in [9.17, 15) is 21.6 Å². The van der Waals surface area contributed by atoms with Crippen molar-refractivity contribution in [1.29, 1.82) is 0 Å². The molecule has 0 aromatic heterocycles. The second kappa shape index (κ2) is 6.64. The van der Waals surface area contributed by atoms with E-state index in [0.717, 1.165) is 0 Å². The molecule has 0 bridgehead atoms. The summed E-state index contributed by atoms with van der Waals surface area (Å²) < 4.78 is 61.7. The molecule has 9 heteroatoms. The number of sulfonamides is 1. The number of nitrogens with two attached hydrogens (primary N) is 1. The minimum Gasteiger partial charge on any atom is -0.399 e. The van der Waals surface area contributed by atoms with Gasteiger partial charge < -0.3 is 5.73 Å². The van der Waals surface area contributed by atoms with Crippen LogP contribution in [0, 0.1) is 0 Å². The zero-order chi connectivity index (χ0) is 15.4. The first-order chi connectivity index (χ1) is 9.12. The summed E-state index contributed by atoms with van der Waals surface area (Å²) in [4.78, 5) is -0.185. The molecular weight excluding hydrogens is 317 g/mol. The molecule has 0 atom stereocenters. The summed E-state index contributed by atoms with van der Waals surface area (Å²) in [5, 5.41) is 0.00184. The van der Waals surface area contributed by atoms with Crippen molar-refractivity contribution in [3.05, 3.63) is 23.2 Å². The maximum atomic E-state index is 11.9. The molecule has 0 saturated carbocycles. The number of alkyl halides is 3. The number of nitrogens with one attached hydrogen (secondary N) is 1. The zero-order valence-corrected chi connectivity index (χ0v) is 11.9. The molecule has 1 aromatic rings. The molecule has 4 nitrogen and oxygen atoms in total. The number of rotatable bonds is 6. The van der Waals surface area contributed by atoms with Crippen LogP contribution in [0.5, 0.6) is 0 Å². The van der Waals surface area contributed by atoms with Crippen molar-refractivity contribution in [3.8, 4) is 0 Å². The van der Waals surface area contributed by atoms with Crippen molar-refractivity contribution in [3.63, 3.8) is 0 Å². The van der Waals surface area contributed by atoms with Gasteiger partial charge in [0.1, 0.15) is 4.90 Å². The van der Waals surface area contributed by atoms with E-state index in [1.165, 1.54) is 18.2 Å². The normalized spacial score (nSPS) is 12.6. The molecular formula is C11H14ClF3N2O2S. The van der Waals surface area contributed by atoms with E-state index in [0.29, 0.717) is 0 Å². The largest absolute Gasteiger partial charge is 0.399 e. The van der Waals surface area contributed by atoms with E-state index >= 15 is 0 Å². The topological polar surface area (TPSA) is 72.2 Å². The van der Waals surface area contributed by atoms with E-state index in [-0.39, 0.29) is 35.0 Å². The first-order valence-electron chi connectivity index (χ1n) is 5.73. The number of halogens is 4. The lowest BCUT2D eigenvalue weighted by Crippen LogP contribution is -2.25. The standard InChI is InChI=1S/C11H14ClF3N2O2S/c12-9-4-3-8(16)7-10(9)20(18,19)17-6-2-1-5-11(13,14)15/h3-4,7,17H,1-2,5-6,16H2. The molecule has 0 heterocycles. The first kappa shape index (κ1) is 17.1. The van der Waals surface area contributed by atoms with Crippen LogP contribution in [0.15, 0.2) is 23.1 Å². The summed E-state index contributed by atoms with van der Waals surface area (Å²) in [6.07, 6.45) is -5.22. The average molecular weight is 331 g/mol. The molecule has 1 rings (SSSR count). The minimum atomic E-state index is -4.23. The number of anilines is 1. The Bertz CT molecular complexity index is 561. The molecule has 0 amide bonds. The molecule has 0 aliphatic carbocycles. The number of unbranched alkanes of at least 4 members (excludes halogenated alkanes) is 1. The highest BCUT2D eigenvalue weighted by atomic mass is 35.5. The monoisotopic (exact) mass is 330 g/mol. The molecule has 0 spiro atoms. The molecule has 0 unspecified atom stereocenters. The lowest BCUT2D eigenvalue weighted by molar-refractivity contribution is -0.135. The van der Waals surface area contributed by atoms with Crippen molar-refractivity contribution in [2.75, 3.05) is 12.3 Å². The summed E-state index contributed by atoms with van der Waals surface area (Å²) in [6, 6.07) is 3.99. The van der Waals surface area contributed by atoms with Gasteiger partial charge in [0.15, 0.2) is 0 Å². The van der Waals surface area contributed by atoms with Crippen LogP contribution in [-0.4, -0.2) is 21.1 Å². The molecule has 0 fully saturated rings. The Labute approximate surface area is 120 Å². The number of hydrogen-bond donors (Lipinski definition) is 2. The third-order valence-corrected chi connectivity index (χ3v) is 4.37. The van der Waals surface area contributed by atoms with E-state index in [2.05, 4.69) is 4.72 Å². The highest BCUT2D eigenvalue weighted by Crippen LogP contribution is 2.24. The Morgan fingerprint density at radius 1 is 1.25 bits per heavy atom. The highest BCUT2D eigenvalue weighted by Gasteiger charge is 2.26. The molecule has 1 aromatic carbocycles. The average Bonchev–Trinajstić information content (AvgIpc) is 2.30. The van der Waals surface area contributed by atoms with Crippen LogP contribution in [0.1, 0.15) is 19.3 Å². The van der Waals surface area contributed by atoms with Crippen molar-refractivity contribution in [2.24, 2.45) is 0 Å². The molecule has 114 valence electrons. The van der Waals surface area contributed by atoms with E-state index in [1.54, 1.807) is 0 Å².